The zero-order valence-electron chi connectivity index (χ0n) is 10.1. The van der Waals surface area contributed by atoms with Gasteiger partial charge >= 0.3 is 0 Å². The molecule has 0 N–H and O–H groups in total. The minimum atomic E-state index is -1.70. The number of hydrogen-bond acceptors (Lipinski definition) is 2. The van der Waals surface area contributed by atoms with Gasteiger partial charge in [0, 0.05) is 7.05 Å². The van der Waals surface area contributed by atoms with Gasteiger partial charge in [0.1, 0.15) is 5.54 Å². The molecule has 0 aliphatic heterocycles. The van der Waals surface area contributed by atoms with Crippen LogP contribution >= 0.6 is 0 Å². The smallest absolute Gasteiger partial charge is 0.257 e. The molecule has 0 radical (unpaired) electrons. The van der Waals surface area contributed by atoms with Crippen molar-refractivity contribution in [3.8, 4) is 6.07 Å². The molecule has 6 heteroatoms. The Balaban J connectivity index is 3.22. The molecule has 0 aliphatic carbocycles. The van der Waals surface area contributed by atoms with E-state index in [0.717, 1.165) is 11.0 Å². The fraction of sp³-hybridized carbons (Fsp3) is 0.333. The summed E-state index contributed by atoms with van der Waals surface area (Å²) in [5.74, 6) is -5.52. The minimum absolute atomic E-state index is 0.611. The highest BCUT2D eigenvalue weighted by Crippen LogP contribution is 2.20. The number of nitrogens with zero attached hydrogens (tertiary/aromatic N) is 2. The van der Waals surface area contributed by atoms with Crippen molar-refractivity contribution in [3.63, 3.8) is 0 Å². The second-order valence-electron chi connectivity index (χ2n) is 4.26. The highest BCUT2D eigenvalue weighted by Gasteiger charge is 2.30. The maximum atomic E-state index is 13.4. The maximum Gasteiger partial charge on any atom is 0.257 e. The summed E-state index contributed by atoms with van der Waals surface area (Å²) >= 11 is 0. The summed E-state index contributed by atoms with van der Waals surface area (Å²) in [7, 11) is 1.28. The van der Waals surface area contributed by atoms with E-state index < -0.39 is 34.5 Å². The third-order valence-electron chi connectivity index (χ3n) is 2.68. The summed E-state index contributed by atoms with van der Waals surface area (Å²) in [6, 6.07) is 3.36. The van der Waals surface area contributed by atoms with Gasteiger partial charge in [0.25, 0.3) is 5.91 Å². The van der Waals surface area contributed by atoms with Crippen molar-refractivity contribution < 1.29 is 18.0 Å². The van der Waals surface area contributed by atoms with E-state index in [1.807, 2.05) is 6.07 Å². The van der Waals surface area contributed by atoms with Gasteiger partial charge in [-0.3, -0.25) is 4.79 Å². The van der Waals surface area contributed by atoms with Crippen LogP contribution in [0, 0.1) is 28.8 Å². The van der Waals surface area contributed by atoms with E-state index in [4.69, 9.17) is 5.26 Å². The molecule has 0 saturated carbocycles. The van der Waals surface area contributed by atoms with Crippen LogP contribution in [-0.4, -0.2) is 23.4 Å². The molecular weight excluding hydrogens is 245 g/mol. The van der Waals surface area contributed by atoms with E-state index in [2.05, 4.69) is 0 Å². The molecule has 1 rings (SSSR count). The lowest BCUT2D eigenvalue weighted by molar-refractivity contribution is 0.0692. The lowest BCUT2D eigenvalue weighted by Crippen LogP contribution is -2.44. The van der Waals surface area contributed by atoms with Gasteiger partial charge in [0.2, 0.25) is 0 Å². The molecule has 0 bridgehead atoms. The maximum absolute atomic E-state index is 13.4. The number of benzene rings is 1. The molecule has 0 aliphatic rings. The Hall–Kier alpha value is -2.03. The molecule has 0 aromatic heterocycles. The van der Waals surface area contributed by atoms with Crippen molar-refractivity contribution in [2.24, 2.45) is 0 Å². The van der Waals surface area contributed by atoms with E-state index in [1.54, 1.807) is 0 Å². The number of amides is 1. The van der Waals surface area contributed by atoms with Gasteiger partial charge in [-0.1, -0.05) is 0 Å². The van der Waals surface area contributed by atoms with E-state index in [-0.39, 0.29) is 0 Å². The van der Waals surface area contributed by atoms with Crippen LogP contribution in [0.5, 0.6) is 0 Å². The van der Waals surface area contributed by atoms with Gasteiger partial charge < -0.3 is 4.90 Å². The standard InChI is InChI=1S/C12H11F3N2O/c1-12(2,6-16)17(3)11(18)7-4-5-8(13)10(15)9(7)14/h4-5H,1-3H3. The highest BCUT2D eigenvalue weighted by molar-refractivity contribution is 5.95. The molecule has 1 aromatic rings. The van der Waals surface area contributed by atoms with Crippen molar-refractivity contribution in [2.75, 3.05) is 7.05 Å². The van der Waals surface area contributed by atoms with Crippen LogP contribution in [0.2, 0.25) is 0 Å². The summed E-state index contributed by atoms with van der Waals surface area (Å²) < 4.78 is 39.2. The normalized spacial score (nSPS) is 10.9. The summed E-state index contributed by atoms with van der Waals surface area (Å²) in [6.45, 7) is 2.89. The molecule has 0 atom stereocenters. The van der Waals surface area contributed by atoms with Gasteiger partial charge in [-0.2, -0.15) is 5.26 Å². The molecule has 96 valence electrons. The lowest BCUT2D eigenvalue weighted by Gasteiger charge is -2.29. The third kappa shape index (κ3) is 2.30. The Labute approximate surface area is 102 Å². The average Bonchev–Trinajstić information content (AvgIpc) is 2.34. The first-order valence-electron chi connectivity index (χ1n) is 5.05. The molecule has 18 heavy (non-hydrogen) atoms. The van der Waals surface area contributed by atoms with Crippen LogP contribution in [0.4, 0.5) is 13.2 Å². The van der Waals surface area contributed by atoms with Crippen LogP contribution in [0.25, 0.3) is 0 Å². The first-order valence-corrected chi connectivity index (χ1v) is 5.05. The Morgan fingerprint density at radius 3 is 2.33 bits per heavy atom. The number of carbonyl (C=O) groups excluding carboxylic acids is 1. The Kier molecular flexibility index (Phi) is 3.65. The van der Waals surface area contributed by atoms with Crippen molar-refractivity contribution in [1.82, 2.24) is 4.90 Å². The second kappa shape index (κ2) is 4.69. The second-order valence-corrected chi connectivity index (χ2v) is 4.26. The van der Waals surface area contributed by atoms with Crippen molar-refractivity contribution >= 4 is 5.91 Å². The Bertz CT molecular complexity index is 535. The van der Waals surface area contributed by atoms with Crippen LogP contribution in [-0.2, 0) is 0 Å². The summed E-state index contributed by atoms with van der Waals surface area (Å²) in [6.07, 6.45) is 0. The summed E-state index contributed by atoms with van der Waals surface area (Å²) in [5, 5.41) is 8.86. The zero-order chi connectivity index (χ0) is 14.1. The lowest BCUT2D eigenvalue weighted by atomic mass is 10.0. The predicted octanol–water partition coefficient (Wildman–Crippen LogP) is 2.48. The Morgan fingerprint density at radius 2 is 1.83 bits per heavy atom. The zero-order valence-corrected chi connectivity index (χ0v) is 10.1. The quantitative estimate of drug-likeness (QED) is 0.763. The molecule has 0 spiro atoms. The summed E-state index contributed by atoms with van der Waals surface area (Å²) in [4.78, 5) is 12.8. The first-order chi connectivity index (χ1) is 8.22. The first kappa shape index (κ1) is 14.0. The molecule has 1 amide bonds. The van der Waals surface area contributed by atoms with Crippen molar-refractivity contribution in [1.29, 1.82) is 5.26 Å². The number of rotatable bonds is 2. The fourth-order valence-electron chi connectivity index (χ4n) is 1.20. The van der Waals surface area contributed by atoms with Gasteiger partial charge in [-0.25, -0.2) is 13.2 Å². The topological polar surface area (TPSA) is 44.1 Å². The molecule has 1 aromatic carbocycles. The molecule has 0 heterocycles. The van der Waals surface area contributed by atoms with Crippen LogP contribution in [0.15, 0.2) is 12.1 Å². The van der Waals surface area contributed by atoms with Gasteiger partial charge in [0.15, 0.2) is 17.5 Å². The monoisotopic (exact) mass is 256 g/mol. The average molecular weight is 256 g/mol. The Morgan fingerprint density at radius 1 is 1.28 bits per heavy atom. The van der Waals surface area contributed by atoms with Crippen molar-refractivity contribution in [2.45, 2.75) is 19.4 Å². The molecule has 3 nitrogen and oxygen atoms in total. The SMILES string of the molecule is CN(C(=O)c1ccc(F)c(F)c1F)C(C)(C)C#N. The molecular formula is C12H11F3N2O. The van der Waals surface area contributed by atoms with Crippen molar-refractivity contribution in [3.05, 3.63) is 35.1 Å². The fourth-order valence-corrected chi connectivity index (χ4v) is 1.20. The largest absolute Gasteiger partial charge is 0.323 e. The van der Waals surface area contributed by atoms with Crippen LogP contribution < -0.4 is 0 Å². The highest BCUT2D eigenvalue weighted by atomic mass is 19.2. The number of nitriles is 1. The van der Waals surface area contributed by atoms with Crippen LogP contribution in [0.3, 0.4) is 0 Å². The van der Waals surface area contributed by atoms with E-state index >= 15 is 0 Å². The number of carbonyl (C=O) groups is 1. The van der Waals surface area contributed by atoms with E-state index in [1.165, 1.54) is 20.9 Å². The van der Waals surface area contributed by atoms with Crippen LogP contribution in [0.1, 0.15) is 24.2 Å². The van der Waals surface area contributed by atoms with Gasteiger partial charge in [0.05, 0.1) is 11.6 Å². The third-order valence-corrected chi connectivity index (χ3v) is 2.68. The van der Waals surface area contributed by atoms with E-state index in [9.17, 15) is 18.0 Å². The minimum Gasteiger partial charge on any atom is -0.323 e. The number of hydrogen-bond donors (Lipinski definition) is 0. The molecule has 0 unspecified atom stereocenters. The van der Waals surface area contributed by atoms with Gasteiger partial charge in [-0.15, -0.1) is 0 Å². The van der Waals surface area contributed by atoms with E-state index in [0.29, 0.717) is 6.07 Å². The molecule has 0 fully saturated rings. The number of halogens is 3. The molecule has 0 saturated heterocycles. The summed E-state index contributed by atoms with van der Waals surface area (Å²) in [5.41, 5.74) is -1.80. The van der Waals surface area contributed by atoms with Gasteiger partial charge in [-0.05, 0) is 26.0 Å². The predicted molar refractivity (Wildman–Crippen MR) is 58.1 cm³/mol.